The molecule has 0 saturated heterocycles. The number of methoxy groups -OCH3 is 2. The number of nitrogens with one attached hydrogen (secondary N) is 2. The molecule has 2 aromatic carbocycles. The van der Waals surface area contributed by atoms with E-state index in [-0.39, 0.29) is 11.6 Å². The van der Waals surface area contributed by atoms with E-state index in [4.69, 9.17) is 25.6 Å². The summed E-state index contributed by atoms with van der Waals surface area (Å²) in [4.78, 5) is 18.7. The van der Waals surface area contributed by atoms with Crippen LogP contribution in [0.25, 0.3) is 11.3 Å². The number of hydrogen-bond donors (Lipinski definition) is 3. The van der Waals surface area contributed by atoms with Crippen molar-refractivity contribution in [2.75, 3.05) is 20.8 Å². The first-order chi connectivity index (χ1) is 16.7. The van der Waals surface area contributed by atoms with Gasteiger partial charge in [-0.25, -0.2) is 9.79 Å². The molecule has 0 radical (unpaired) electrons. The van der Waals surface area contributed by atoms with Gasteiger partial charge in [0.2, 0.25) is 0 Å². The minimum absolute atomic E-state index is 0.137. The fourth-order valence-corrected chi connectivity index (χ4v) is 4.73. The summed E-state index contributed by atoms with van der Waals surface area (Å²) in [6, 6.07) is 10.0. The molecule has 184 valence electrons. The fourth-order valence-electron chi connectivity index (χ4n) is 4.73. The predicted molar refractivity (Wildman–Crippen MR) is 137 cm³/mol. The molecule has 0 spiro atoms. The zero-order valence-corrected chi connectivity index (χ0v) is 20.9. The lowest BCUT2D eigenvalue weighted by Crippen LogP contribution is -2.44. The summed E-state index contributed by atoms with van der Waals surface area (Å²) >= 11 is 0. The Hall–Kier alpha value is -4.01. The smallest absolute Gasteiger partial charge is 0.330 e. The second-order valence-electron chi connectivity index (χ2n) is 8.79. The first-order valence-corrected chi connectivity index (χ1v) is 11.5. The monoisotopic (exact) mass is 476 g/mol. The zero-order valence-electron chi connectivity index (χ0n) is 20.9. The molecule has 9 heteroatoms. The minimum atomic E-state index is -0.158. The van der Waals surface area contributed by atoms with Crippen LogP contribution in [0, 0.1) is 26.2 Å². The second kappa shape index (κ2) is 9.69. The summed E-state index contributed by atoms with van der Waals surface area (Å²) in [7, 11) is 3.22. The molecule has 1 aliphatic rings. The molecule has 0 fully saturated rings. The quantitative estimate of drug-likeness (QED) is 0.373. The Morgan fingerprint density at radius 3 is 2.37 bits per heavy atom. The predicted octanol–water partition coefficient (Wildman–Crippen LogP) is 2.53. The Labute approximate surface area is 204 Å². The molecule has 35 heavy (non-hydrogen) atoms. The Kier molecular flexibility index (Phi) is 6.68. The van der Waals surface area contributed by atoms with Gasteiger partial charge < -0.3 is 20.5 Å². The molecule has 0 aliphatic carbocycles. The second-order valence-corrected chi connectivity index (χ2v) is 8.79. The van der Waals surface area contributed by atoms with E-state index in [9.17, 15) is 4.79 Å². The van der Waals surface area contributed by atoms with Crippen molar-refractivity contribution in [3.63, 3.8) is 0 Å². The number of aryl methyl sites for hydroxylation is 4. The van der Waals surface area contributed by atoms with Crippen LogP contribution in [0.3, 0.4) is 0 Å². The molecule has 9 nitrogen and oxygen atoms in total. The molecule has 4 N–H and O–H groups in total. The number of benzene rings is 2. The van der Waals surface area contributed by atoms with Crippen LogP contribution in [-0.4, -0.2) is 35.9 Å². The van der Waals surface area contributed by atoms with E-state index in [1.54, 1.807) is 23.4 Å². The summed E-state index contributed by atoms with van der Waals surface area (Å²) in [6.07, 6.45) is 0.695. The van der Waals surface area contributed by atoms with Crippen molar-refractivity contribution in [1.29, 1.82) is 5.41 Å². The van der Waals surface area contributed by atoms with Crippen molar-refractivity contribution in [3.05, 3.63) is 68.6 Å². The average molecular weight is 477 g/mol. The zero-order chi connectivity index (χ0) is 25.3. The lowest BCUT2D eigenvalue weighted by molar-refractivity contribution is 0.354. The van der Waals surface area contributed by atoms with Crippen LogP contribution in [0.1, 0.15) is 22.3 Å². The third-order valence-corrected chi connectivity index (χ3v) is 6.30. The highest BCUT2D eigenvalue weighted by Gasteiger charge is 2.22. The SMILES string of the molecule is COc1cc2c(cc1OC)-c1c/c(=N/c3c(C)cc(C)cc3C)n(CCNC(=N)N)c(=O)n1CC2. The Bertz CT molecular complexity index is 1410. The van der Waals surface area contributed by atoms with Gasteiger partial charge in [0, 0.05) is 31.3 Å². The maximum absolute atomic E-state index is 13.7. The highest BCUT2D eigenvalue weighted by atomic mass is 16.5. The van der Waals surface area contributed by atoms with Crippen molar-refractivity contribution in [3.8, 4) is 22.8 Å². The molecule has 1 aromatic heterocycles. The summed E-state index contributed by atoms with van der Waals surface area (Å²) in [6.45, 7) is 7.31. The molecule has 0 atom stereocenters. The van der Waals surface area contributed by atoms with Crippen LogP contribution in [0.5, 0.6) is 11.5 Å². The van der Waals surface area contributed by atoms with Crippen molar-refractivity contribution < 1.29 is 9.47 Å². The number of nitrogens with two attached hydrogens (primary N) is 1. The van der Waals surface area contributed by atoms with Crippen molar-refractivity contribution >= 4 is 11.6 Å². The van der Waals surface area contributed by atoms with E-state index in [1.807, 2.05) is 32.0 Å². The molecule has 2 heterocycles. The molecular formula is C26H32N6O3. The fraction of sp³-hybridized carbons (Fsp3) is 0.346. The number of nitrogens with zero attached hydrogens (tertiary/aromatic N) is 3. The highest BCUT2D eigenvalue weighted by Crippen LogP contribution is 2.37. The topological polar surface area (TPSA) is 120 Å². The van der Waals surface area contributed by atoms with Gasteiger partial charge in [0.1, 0.15) is 5.49 Å². The molecular weight excluding hydrogens is 444 g/mol. The number of fused-ring (bicyclic) bond motifs is 3. The molecule has 0 unspecified atom stereocenters. The van der Waals surface area contributed by atoms with Crippen molar-refractivity contribution in [2.24, 2.45) is 10.7 Å². The number of aromatic nitrogens is 2. The van der Waals surface area contributed by atoms with E-state index in [1.165, 1.54) is 0 Å². The molecule has 3 aromatic rings. The van der Waals surface area contributed by atoms with E-state index in [0.29, 0.717) is 43.0 Å². The summed E-state index contributed by atoms with van der Waals surface area (Å²) in [5, 5.41) is 10.2. The lowest BCUT2D eigenvalue weighted by Gasteiger charge is -2.24. The standard InChI is InChI=1S/C26H32N6O3/c1-15-10-16(2)24(17(3)11-15)30-23-14-20-19-13-22(35-5)21(34-4)12-18(19)6-8-31(20)26(33)32(23)9-7-29-25(27)28/h10-14H,6-9H2,1-5H3,(H4,27,28,29)/b30-23-. The van der Waals surface area contributed by atoms with Crippen LogP contribution >= 0.6 is 0 Å². The summed E-state index contributed by atoms with van der Waals surface area (Å²) in [5.41, 5.74) is 12.7. The van der Waals surface area contributed by atoms with E-state index in [0.717, 1.165) is 39.2 Å². The molecule has 0 saturated carbocycles. The average Bonchev–Trinajstić information content (AvgIpc) is 2.81. The number of ether oxygens (including phenoxy) is 2. The normalized spacial score (nSPS) is 12.7. The van der Waals surface area contributed by atoms with Gasteiger partial charge in [0.15, 0.2) is 17.5 Å². The van der Waals surface area contributed by atoms with Gasteiger partial charge in [0.05, 0.1) is 25.6 Å². The Morgan fingerprint density at radius 2 is 1.74 bits per heavy atom. The first-order valence-electron chi connectivity index (χ1n) is 11.5. The van der Waals surface area contributed by atoms with Gasteiger partial charge in [-0.15, -0.1) is 0 Å². The first kappa shape index (κ1) is 24.1. The summed E-state index contributed by atoms with van der Waals surface area (Å²) in [5.74, 6) is 1.14. The maximum atomic E-state index is 13.7. The van der Waals surface area contributed by atoms with E-state index >= 15 is 0 Å². The lowest BCUT2D eigenvalue weighted by atomic mass is 9.97. The third-order valence-electron chi connectivity index (χ3n) is 6.30. The van der Waals surface area contributed by atoms with E-state index in [2.05, 4.69) is 24.4 Å². The van der Waals surface area contributed by atoms with Crippen molar-refractivity contribution in [2.45, 2.75) is 40.3 Å². The Morgan fingerprint density at radius 1 is 1.09 bits per heavy atom. The van der Waals surface area contributed by atoms with Crippen LogP contribution in [0.4, 0.5) is 5.69 Å². The van der Waals surface area contributed by atoms with Gasteiger partial charge >= 0.3 is 5.69 Å². The van der Waals surface area contributed by atoms with Crippen LogP contribution in [0.15, 0.2) is 40.1 Å². The number of rotatable bonds is 6. The molecule has 4 rings (SSSR count). The summed E-state index contributed by atoms with van der Waals surface area (Å²) < 4.78 is 14.4. The van der Waals surface area contributed by atoms with Gasteiger partial charge in [0.25, 0.3) is 0 Å². The van der Waals surface area contributed by atoms with Crippen LogP contribution in [-0.2, 0) is 19.5 Å². The molecule has 1 aliphatic heterocycles. The van der Waals surface area contributed by atoms with Gasteiger partial charge in [-0.3, -0.25) is 14.5 Å². The Balaban J connectivity index is 1.98. The highest BCUT2D eigenvalue weighted by molar-refractivity contribution is 5.74. The molecule has 0 amide bonds. The van der Waals surface area contributed by atoms with Crippen LogP contribution in [0.2, 0.25) is 0 Å². The number of guanidine groups is 1. The van der Waals surface area contributed by atoms with Gasteiger partial charge in [-0.1, -0.05) is 17.7 Å². The maximum Gasteiger partial charge on any atom is 0.330 e. The van der Waals surface area contributed by atoms with Gasteiger partial charge in [-0.05, 0) is 56.0 Å². The minimum Gasteiger partial charge on any atom is -0.493 e. The largest absolute Gasteiger partial charge is 0.493 e. The van der Waals surface area contributed by atoms with Crippen molar-refractivity contribution in [1.82, 2.24) is 14.5 Å². The third kappa shape index (κ3) is 4.66. The molecule has 0 bridgehead atoms. The van der Waals surface area contributed by atoms with Crippen LogP contribution < -0.4 is 31.7 Å². The number of hydrogen-bond acceptors (Lipinski definition) is 5. The van der Waals surface area contributed by atoms with E-state index < -0.39 is 0 Å². The van der Waals surface area contributed by atoms with Gasteiger partial charge in [-0.2, -0.15) is 0 Å².